The largest absolute Gasteiger partial charge is 0.369 e. The van der Waals surface area contributed by atoms with Gasteiger partial charge in [0, 0.05) is 44.0 Å². The van der Waals surface area contributed by atoms with Gasteiger partial charge in [0.25, 0.3) is 0 Å². The third-order valence-electron chi connectivity index (χ3n) is 4.78. The Labute approximate surface area is 159 Å². The highest BCUT2D eigenvalue weighted by Crippen LogP contribution is 2.20. The minimum Gasteiger partial charge on any atom is -0.369 e. The van der Waals surface area contributed by atoms with Gasteiger partial charge in [0.05, 0.1) is 11.6 Å². The average molecular weight is 365 g/mol. The highest BCUT2D eigenvalue weighted by atomic mass is 19.1. The van der Waals surface area contributed by atoms with Crippen LogP contribution in [0, 0.1) is 24.1 Å². The molecule has 0 bridgehead atoms. The number of nitrogens with zero attached hydrogens (tertiary/aromatic N) is 3. The first-order chi connectivity index (χ1) is 13.1. The molecular weight excluding hydrogens is 341 g/mol. The molecule has 3 rings (SSSR count). The van der Waals surface area contributed by atoms with Gasteiger partial charge >= 0.3 is 0 Å². The van der Waals surface area contributed by atoms with E-state index in [9.17, 15) is 4.39 Å². The van der Waals surface area contributed by atoms with Crippen LogP contribution in [-0.4, -0.2) is 32.1 Å². The Morgan fingerprint density at radius 3 is 2.74 bits per heavy atom. The Kier molecular flexibility index (Phi) is 5.92. The van der Waals surface area contributed by atoms with Gasteiger partial charge in [-0.25, -0.2) is 4.39 Å². The van der Waals surface area contributed by atoms with Crippen LogP contribution in [0.4, 0.5) is 10.1 Å². The molecule has 1 saturated heterocycles. The number of hydrogen-bond acceptors (Lipinski definition) is 3. The first-order valence-corrected chi connectivity index (χ1v) is 9.06. The first kappa shape index (κ1) is 18.7. The van der Waals surface area contributed by atoms with Gasteiger partial charge in [-0.2, -0.15) is 5.26 Å². The summed E-state index contributed by atoms with van der Waals surface area (Å²) in [4.78, 5) is 6.59. The molecule has 0 aromatic heterocycles. The second-order valence-corrected chi connectivity index (χ2v) is 6.76. The molecule has 2 N–H and O–H groups in total. The Bertz CT molecular complexity index is 854. The van der Waals surface area contributed by atoms with Crippen molar-refractivity contribution < 1.29 is 4.39 Å². The third kappa shape index (κ3) is 4.76. The predicted molar refractivity (Wildman–Crippen MR) is 106 cm³/mol. The van der Waals surface area contributed by atoms with Crippen LogP contribution in [0.15, 0.2) is 47.5 Å². The lowest BCUT2D eigenvalue weighted by Gasteiger charge is -2.20. The van der Waals surface area contributed by atoms with E-state index in [2.05, 4.69) is 51.7 Å². The fourth-order valence-corrected chi connectivity index (χ4v) is 3.20. The van der Waals surface area contributed by atoms with Crippen molar-refractivity contribution in [1.29, 1.82) is 5.26 Å². The van der Waals surface area contributed by atoms with Crippen LogP contribution in [0.2, 0.25) is 0 Å². The molecule has 6 heteroatoms. The number of guanidine groups is 1. The quantitative estimate of drug-likeness (QED) is 0.646. The van der Waals surface area contributed by atoms with Crippen molar-refractivity contribution in [3.63, 3.8) is 0 Å². The van der Waals surface area contributed by atoms with Crippen LogP contribution in [0.1, 0.15) is 23.1 Å². The summed E-state index contributed by atoms with van der Waals surface area (Å²) in [6, 6.07) is 15.3. The molecule has 1 fully saturated rings. The number of nitriles is 1. The number of halogens is 1. The summed E-state index contributed by atoms with van der Waals surface area (Å²) in [6.45, 7) is 4.28. The van der Waals surface area contributed by atoms with Gasteiger partial charge in [0.15, 0.2) is 5.96 Å². The van der Waals surface area contributed by atoms with Gasteiger partial charge < -0.3 is 15.5 Å². The van der Waals surface area contributed by atoms with Crippen molar-refractivity contribution in [1.82, 2.24) is 10.6 Å². The van der Waals surface area contributed by atoms with E-state index in [1.54, 1.807) is 19.2 Å². The van der Waals surface area contributed by atoms with Crippen molar-refractivity contribution >= 4 is 11.6 Å². The topological polar surface area (TPSA) is 63.5 Å². The number of aliphatic imine (C=N–C) groups is 1. The van der Waals surface area contributed by atoms with E-state index in [0.29, 0.717) is 23.6 Å². The minimum absolute atomic E-state index is 0.281. The van der Waals surface area contributed by atoms with Crippen molar-refractivity contribution in [3.05, 3.63) is 65.0 Å². The van der Waals surface area contributed by atoms with Crippen molar-refractivity contribution in [2.45, 2.75) is 25.9 Å². The van der Waals surface area contributed by atoms with Crippen LogP contribution < -0.4 is 15.5 Å². The molecule has 1 atom stereocenters. The zero-order valence-corrected chi connectivity index (χ0v) is 15.7. The molecule has 0 spiro atoms. The lowest BCUT2D eigenvalue weighted by Crippen LogP contribution is -2.44. The second kappa shape index (κ2) is 8.54. The lowest BCUT2D eigenvalue weighted by atomic mass is 10.1. The molecule has 1 aliphatic rings. The number of aryl methyl sites for hydroxylation is 1. The number of rotatable bonds is 4. The molecule has 1 aliphatic heterocycles. The monoisotopic (exact) mass is 365 g/mol. The maximum absolute atomic E-state index is 14.0. The fourth-order valence-electron chi connectivity index (χ4n) is 3.20. The predicted octanol–water partition coefficient (Wildman–Crippen LogP) is 2.95. The van der Waals surface area contributed by atoms with Crippen LogP contribution in [0.3, 0.4) is 0 Å². The van der Waals surface area contributed by atoms with Crippen LogP contribution in [0.25, 0.3) is 0 Å². The molecule has 27 heavy (non-hydrogen) atoms. The van der Waals surface area contributed by atoms with Gasteiger partial charge in [-0.1, -0.05) is 23.8 Å². The van der Waals surface area contributed by atoms with Gasteiger partial charge in [-0.15, -0.1) is 0 Å². The number of nitrogens with one attached hydrogen (secondary N) is 2. The van der Waals surface area contributed by atoms with E-state index in [0.717, 1.165) is 19.5 Å². The van der Waals surface area contributed by atoms with Crippen LogP contribution >= 0.6 is 0 Å². The van der Waals surface area contributed by atoms with Crippen LogP contribution in [0.5, 0.6) is 0 Å². The summed E-state index contributed by atoms with van der Waals surface area (Å²) in [5, 5.41) is 15.4. The third-order valence-corrected chi connectivity index (χ3v) is 4.78. The van der Waals surface area contributed by atoms with E-state index in [1.807, 2.05) is 6.07 Å². The van der Waals surface area contributed by atoms with E-state index < -0.39 is 0 Å². The molecule has 0 radical (unpaired) electrons. The molecule has 2 aromatic rings. The SMILES string of the molecule is CN=C(NCc1ccc(C#N)cc1F)NC1CCN(c2ccc(C)cc2)C1. The van der Waals surface area contributed by atoms with E-state index >= 15 is 0 Å². The zero-order chi connectivity index (χ0) is 19.2. The zero-order valence-electron chi connectivity index (χ0n) is 15.7. The fraction of sp³-hybridized carbons (Fsp3) is 0.333. The molecule has 1 unspecified atom stereocenters. The van der Waals surface area contributed by atoms with Crippen LogP contribution in [-0.2, 0) is 6.54 Å². The lowest BCUT2D eigenvalue weighted by molar-refractivity contribution is 0.600. The van der Waals surface area contributed by atoms with Crippen molar-refractivity contribution in [3.8, 4) is 6.07 Å². The number of benzene rings is 2. The van der Waals surface area contributed by atoms with Gasteiger partial charge in [0.1, 0.15) is 5.82 Å². The minimum atomic E-state index is -0.386. The summed E-state index contributed by atoms with van der Waals surface area (Å²) in [5.74, 6) is 0.262. The molecule has 1 heterocycles. The average Bonchev–Trinajstić information content (AvgIpc) is 3.14. The van der Waals surface area contributed by atoms with E-state index in [4.69, 9.17) is 5.26 Å². The van der Waals surface area contributed by atoms with Crippen molar-refractivity contribution in [2.75, 3.05) is 25.0 Å². The van der Waals surface area contributed by atoms with E-state index in [-0.39, 0.29) is 11.9 Å². The maximum atomic E-state index is 14.0. The molecule has 0 amide bonds. The maximum Gasteiger partial charge on any atom is 0.191 e. The summed E-state index contributed by atoms with van der Waals surface area (Å²) >= 11 is 0. The standard InChI is InChI=1S/C21H24FN5/c1-15-3-7-19(8-4-15)27-10-9-18(14-27)26-21(24-2)25-13-17-6-5-16(12-23)11-20(17)22/h3-8,11,18H,9-10,13-14H2,1-2H3,(H2,24,25,26). The number of anilines is 1. The Morgan fingerprint density at radius 1 is 1.30 bits per heavy atom. The van der Waals surface area contributed by atoms with Gasteiger partial charge in [-0.05, 0) is 37.6 Å². The highest BCUT2D eigenvalue weighted by molar-refractivity contribution is 5.80. The Hall–Kier alpha value is -3.07. The molecule has 0 aliphatic carbocycles. The van der Waals surface area contributed by atoms with E-state index in [1.165, 1.54) is 17.3 Å². The van der Waals surface area contributed by atoms with Crippen molar-refractivity contribution in [2.24, 2.45) is 4.99 Å². The molecule has 5 nitrogen and oxygen atoms in total. The second-order valence-electron chi connectivity index (χ2n) is 6.76. The molecule has 2 aromatic carbocycles. The summed E-state index contributed by atoms with van der Waals surface area (Å²) in [5.41, 5.74) is 3.31. The summed E-state index contributed by atoms with van der Waals surface area (Å²) < 4.78 is 14.0. The first-order valence-electron chi connectivity index (χ1n) is 9.06. The number of hydrogen-bond donors (Lipinski definition) is 2. The summed E-state index contributed by atoms with van der Waals surface area (Å²) in [6.07, 6.45) is 1.01. The normalized spacial score (nSPS) is 16.9. The Balaban J connectivity index is 1.54. The molecule has 0 saturated carbocycles. The molecular formula is C21H24FN5. The van der Waals surface area contributed by atoms with Gasteiger partial charge in [-0.3, -0.25) is 4.99 Å². The summed E-state index contributed by atoms with van der Waals surface area (Å²) in [7, 11) is 1.71. The Morgan fingerprint density at radius 2 is 2.07 bits per heavy atom. The molecule has 140 valence electrons. The highest BCUT2D eigenvalue weighted by Gasteiger charge is 2.23. The van der Waals surface area contributed by atoms with Gasteiger partial charge in [0.2, 0.25) is 0 Å². The smallest absolute Gasteiger partial charge is 0.191 e.